The van der Waals surface area contributed by atoms with Gasteiger partial charge in [-0.1, -0.05) is 0 Å². The summed E-state index contributed by atoms with van der Waals surface area (Å²) in [5, 5.41) is 13.8. The van der Waals surface area contributed by atoms with E-state index in [0.29, 0.717) is 13.1 Å². The molecule has 0 radical (unpaired) electrons. The maximum absolute atomic E-state index is 12.6. The molecule has 1 N–H and O–H groups in total. The zero-order valence-electron chi connectivity index (χ0n) is 11.3. The summed E-state index contributed by atoms with van der Waals surface area (Å²) in [7, 11) is -3.63. The van der Waals surface area contributed by atoms with E-state index in [0.717, 1.165) is 0 Å². The number of nitrogens with one attached hydrogen (secondary N) is 1. The van der Waals surface area contributed by atoms with Crippen LogP contribution in [0.25, 0.3) is 0 Å². The van der Waals surface area contributed by atoms with Crippen molar-refractivity contribution in [1.29, 1.82) is 0 Å². The largest absolute Gasteiger partial charge is 0.314 e. The Balaban J connectivity index is 2.36. The van der Waals surface area contributed by atoms with Crippen molar-refractivity contribution in [3.63, 3.8) is 0 Å². The summed E-state index contributed by atoms with van der Waals surface area (Å²) in [6.45, 7) is 4.87. The number of hydrogen-bond donors (Lipinski definition) is 1. The summed E-state index contributed by atoms with van der Waals surface area (Å²) in [5.74, 6) is 0. The molecule has 8 heteroatoms. The summed E-state index contributed by atoms with van der Waals surface area (Å²) < 4.78 is 26.7. The minimum Gasteiger partial charge on any atom is -0.314 e. The molecule has 1 heterocycles. The highest BCUT2D eigenvalue weighted by Gasteiger charge is 2.35. The molecule has 0 bridgehead atoms. The topological polar surface area (TPSA) is 92.6 Å². The van der Waals surface area contributed by atoms with Crippen molar-refractivity contribution in [3.8, 4) is 0 Å². The van der Waals surface area contributed by atoms with E-state index in [1.54, 1.807) is 0 Å². The molecule has 0 aliphatic carbocycles. The third-order valence-corrected chi connectivity index (χ3v) is 5.51. The minimum absolute atomic E-state index is 0.0868. The van der Waals surface area contributed by atoms with Crippen LogP contribution in [0.4, 0.5) is 5.69 Å². The number of hydrogen-bond acceptors (Lipinski definition) is 5. The van der Waals surface area contributed by atoms with Crippen molar-refractivity contribution in [2.24, 2.45) is 0 Å². The SMILES string of the molecule is C[C@@H]1CNC[C@H](C)N1S(=O)(=O)c1ccc([N+](=O)[O-])cc1. The zero-order chi connectivity index (χ0) is 14.9. The first kappa shape index (κ1) is 14.9. The molecule has 0 saturated carbocycles. The first-order chi connectivity index (χ1) is 9.34. The molecule has 20 heavy (non-hydrogen) atoms. The number of non-ortho nitro benzene ring substituents is 1. The van der Waals surface area contributed by atoms with E-state index >= 15 is 0 Å². The van der Waals surface area contributed by atoms with Crippen molar-refractivity contribution in [2.75, 3.05) is 13.1 Å². The fourth-order valence-corrected chi connectivity index (χ4v) is 4.27. The van der Waals surface area contributed by atoms with Gasteiger partial charge in [-0.05, 0) is 26.0 Å². The Bertz CT molecular complexity index is 590. The quantitative estimate of drug-likeness (QED) is 0.663. The summed E-state index contributed by atoms with van der Waals surface area (Å²) >= 11 is 0. The number of nitrogens with zero attached hydrogens (tertiary/aromatic N) is 2. The lowest BCUT2D eigenvalue weighted by Crippen LogP contribution is -2.57. The maximum Gasteiger partial charge on any atom is 0.269 e. The molecule has 1 aliphatic rings. The van der Waals surface area contributed by atoms with Gasteiger partial charge in [-0.3, -0.25) is 10.1 Å². The Hall–Kier alpha value is -1.51. The van der Waals surface area contributed by atoms with Crippen LogP contribution < -0.4 is 5.32 Å². The molecule has 1 fully saturated rings. The number of nitro groups is 1. The Kier molecular flexibility index (Phi) is 4.07. The van der Waals surface area contributed by atoms with Gasteiger partial charge in [-0.2, -0.15) is 4.31 Å². The second-order valence-corrected chi connectivity index (χ2v) is 6.79. The van der Waals surface area contributed by atoms with Gasteiger partial charge in [0, 0.05) is 37.3 Å². The van der Waals surface area contributed by atoms with Gasteiger partial charge in [0.05, 0.1) is 9.82 Å². The van der Waals surface area contributed by atoms with E-state index in [1.807, 2.05) is 13.8 Å². The van der Waals surface area contributed by atoms with Crippen molar-refractivity contribution in [1.82, 2.24) is 9.62 Å². The molecule has 1 aliphatic heterocycles. The van der Waals surface area contributed by atoms with Gasteiger partial charge >= 0.3 is 0 Å². The lowest BCUT2D eigenvalue weighted by atomic mass is 10.2. The number of rotatable bonds is 3. The number of nitro benzene ring substituents is 1. The summed E-state index contributed by atoms with van der Waals surface area (Å²) in [6, 6.07) is 4.69. The molecule has 1 aromatic rings. The van der Waals surface area contributed by atoms with Crippen LogP contribution in [0.3, 0.4) is 0 Å². The predicted molar refractivity (Wildman–Crippen MR) is 73.9 cm³/mol. The average molecular weight is 299 g/mol. The van der Waals surface area contributed by atoms with Gasteiger partial charge in [0.15, 0.2) is 0 Å². The van der Waals surface area contributed by atoms with E-state index in [9.17, 15) is 18.5 Å². The zero-order valence-corrected chi connectivity index (χ0v) is 12.1. The molecule has 1 saturated heterocycles. The first-order valence-electron chi connectivity index (χ1n) is 6.32. The fraction of sp³-hybridized carbons (Fsp3) is 0.500. The third kappa shape index (κ3) is 2.67. The summed E-state index contributed by atoms with van der Waals surface area (Å²) in [5.41, 5.74) is -0.120. The van der Waals surface area contributed by atoms with Crippen LogP contribution in [0.2, 0.25) is 0 Å². The maximum atomic E-state index is 12.6. The Morgan fingerprint density at radius 1 is 1.20 bits per heavy atom. The van der Waals surface area contributed by atoms with Gasteiger partial charge in [0.25, 0.3) is 5.69 Å². The van der Waals surface area contributed by atoms with E-state index in [1.165, 1.54) is 28.6 Å². The van der Waals surface area contributed by atoms with Crippen molar-refractivity contribution in [2.45, 2.75) is 30.8 Å². The molecular formula is C12H17N3O4S. The van der Waals surface area contributed by atoms with E-state index in [2.05, 4.69) is 5.32 Å². The van der Waals surface area contributed by atoms with Crippen LogP contribution in [0.15, 0.2) is 29.2 Å². The molecule has 1 aromatic carbocycles. The highest BCUT2D eigenvalue weighted by molar-refractivity contribution is 7.89. The number of piperazine rings is 1. The molecule has 2 rings (SSSR count). The predicted octanol–water partition coefficient (Wildman–Crippen LogP) is 0.966. The molecule has 0 unspecified atom stereocenters. The lowest BCUT2D eigenvalue weighted by molar-refractivity contribution is -0.384. The summed E-state index contributed by atoms with van der Waals surface area (Å²) in [6.07, 6.45) is 0. The highest BCUT2D eigenvalue weighted by atomic mass is 32.2. The number of sulfonamides is 1. The van der Waals surface area contributed by atoms with Crippen LogP contribution >= 0.6 is 0 Å². The van der Waals surface area contributed by atoms with Gasteiger partial charge in [0.1, 0.15) is 0 Å². The van der Waals surface area contributed by atoms with Gasteiger partial charge < -0.3 is 5.32 Å². The van der Waals surface area contributed by atoms with Crippen LogP contribution in [0.5, 0.6) is 0 Å². The van der Waals surface area contributed by atoms with Crippen LogP contribution in [0.1, 0.15) is 13.8 Å². The second kappa shape index (κ2) is 5.47. The van der Waals surface area contributed by atoms with Crippen molar-refractivity contribution in [3.05, 3.63) is 34.4 Å². The second-order valence-electron chi connectivity index (χ2n) is 4.94. The van der Waals surface area contributed by atoms with Crippen LogP contribution in [-0.2, 0) is 10.0 Å². The van der Waals surface area contributed by atoms with E-state index < -0.39 is 14.9 Å². The molecular weight excluding hydrogens is 282 g/mol. The molecule has 7 nitrogen and oxygen atoms in total. The number of benzene rings is 1. The monoisotopic (exact) mass is 299 g/mol. The van der Waals surface area contributed by atoms with Crippen LogP contribution in [0, 0.1) is 10.1 Å². The molecule has 2 atom stereocenters. The highest BCUT2D eigenvalue weighted by Crippen LogP contribution is 2.24. The van der Waals surface area contributed by atoms with E-state index in [-0.39, 0.29) is 22.7 Å². The molecule has 0 amide bonds. The fourth-order valence-electron chi connectivity index (χ4n) is 2.45. The van der Waals surface area contributed by atoms with E-state index in [4.69, 9.17) is 0 Å². The minimum atomic E-state index is -3.63. The average Bonchev–Trinajstić information content (AvgIpc) is 2.38. The molecule has 0 aromatic heterocycles. The van der Waals surface area contributed by atoms with Gasteiger partial charge in [-0.15, -0.1) is 0 Å². The van der Waals surface area contributed by atoms with Crippen molar-refractivity contribution < 1.29 is 13.3 Å². The first-order valence-corrected chi connectivity index (χ1v) is 7.76. The third-order valence-electron chi connectivity index (χ3n) is 3.37. The van der Waals surface area contributed by atoms with Crippen LogP contribution in [-0.4, -0.2) is 42.8 Å². The smallest absolute Gasteiger partial charge is 0.269 e. The van der Waals surface area contributed by atoms with Gasteiger partial charge in [-0.25, -0.2) is 8.42 Å². The Morgan fingerprint density at radius 2 is 1.70 bits per heavy atom. The normalized spacial score (nSPS) is 24.5. The molecule has 110 valence electrons. The van der Waals surface area contributed by atoms with Crippen molar-refractivity contribution >= 4 is 15.7 Å². The Morgan fingerprint density at radius 3 is 2.15 bits per heavy atom. The summed E-state index contributed by atoms with van der Waals surface area (Å²) in [4.78, 5) is 10.1. The van der Waals surface area contributed by atoms with Gasteiger partial charge in [0.2, 0.25) is 10.0 Å². The Labute approximate surface area is 117 Å². The standard InChI is InChI=1S/C12H17N3O4S/c1-9-7-13-8-10(2)14(9)20(18,19)12-5-3-11(4-6-12)15(16)17/h3-6,9-10,13H,7-8H2,1-2H3/t9-,10+. The lowest BCUT2D eigenvalue weighted by Gasteiger charge is -2.38. The molecule has 0 spiro atoms.